The summed E-state index contributed by atoms with van der Waals surface area (Å²) in [4.78, 5) is 44.0. The number of nitrogens with zero attached hydrogens (tertiary/aromatic N) is 3. The van der Waals surface area contributed by atoms with Gasteiger partial charge in [-0.15, -0.1) is 0 Å². The Labute approximate surface area is 124 Å². The predicted octanol–water partition coefficient (Wildman–Crippen LogP) is -0.803. The number of imidazole rings is 1. The number of ether oxygens (including phenoxy) is 2. The summed E-state index contributed by atoms with van der Waals surface area (Å²) in [5.41, 5.74) is 5.40. The minimum absolute atomic E-state index is 0.0525. The molecule has 0 spiro atoms. The molecule has 0 aliphatic heterocycles. The van der Waals surface area contributed by atoms with Gasteiger partial charge in [-0.25, -0.2) is 4.98 Å². The minimum atomic E-state index is -0.735. The van der Waals surface area contributed by atoms with E-state index >= 15 is 0 Å². The number of fused-ring (bicyclic) bond motifs is 1. The largest absolute Gasteiger partial charge is 0.462 e. The average Bonchev–Trinajstić information content (AvgIpc) is 2.78. The maximum atomic E-state index is 11.7. The summed E-state index contributed by atoms with van der Waals surface area (Å²) in [6.45, 7) is 2.49. The number of nitrogens with two attached hydrogens (primary N) is 1. The second-order valence-corrected chi connectivity index (χ2v) is 4.55. The SMILES string of the molecule is CC(=O)OC[C@H](Cn1cnc2c(=O)[nH]c(N)nc21)OC(C)=O. The highest BCUT2D eigenvalue weighted by atomic mass is 16.6. The molecule has 0 fully saturated rings. The van der Waals surface area contributed by atoms with Gasteiger partial charge in [0.1, 0.15) is 6.61 Å². The summed E-state index contributed by atoms with van der Waals surface area (Å²) in [6, 6.07) is 0. The molecule has 0 amide bonds. The first-order valence-electron chi connectivity index (χ1n) is 6.38. The number of anilines is 1. The first-order valence-corrected chi connectivity index (χ1v) is 6.38. The van der Waals surface area contributed by atoms with Gasteiger partial charge in [-0.1, -0.05) is 0 Å². The normalized spacial score (nSPS) is 12.1. The lowest BCUT2D eigenvalue weighted by Gasteiger charge is -2.17. The van der Waals surface area contributed by atoms with Gasteiger partial charge < -0.3 is 19.8 Å². The zero-order chi connectivity index (χ0) is 16.3. The van der Waals surface area contributed by atoms with Crippen molar-refractivity contribution in [3.63, 3.8) is 0 Å². The van der Waals surface area contributed by atoms with Crippen LogP contribution in [0.4, 0.5) is 5.95 Å². The molecular formula is C12H15N5O5. The van der Waals surface area contributed by atoms with Crippen LogP contribution in [0.15, 0.2) is 11.1 Å². The Kier molecular flexibility index (Phi) is 4.39. The fraction of sp³-hybridized carbons (Fsp3) is 0.417. The summed E-state index contributed by atoms with van der Waals surface area (Å²) in [7, 11) is 0. The van der Waals surface area contributed by atoms with Crippen LogP contribution in [0.3, 0.4) is 0 Å². The lowest BCUT2D eigenvalue weighted by molar-refractivity contribution is -0.157. The van der Waals surface area contributed by atoms with Crippen molar-refractivity contribution >= 4 is 29.1 Å². The molecule has 0 saturated carbocycles. The van der Waals surface area contributed by atoms with E-state index in [9.17, 15) is 14.4 Å². The van der Waals surface area contributed by atoms with Crippen LogP contribution in [0.1, 0.15) is 13.8 Å². The smallest absolute Gasteiger partial charge is 0.303 e. The number of rotatable bonds is 5. The van der Waals surface area contributed by atoms with Gasteiger partial charge in [0.2, 0.25) is 5.95 Å². The highest BCUT2D eigenvalue weighted by Gasteiger charge is 2.18. The summed E-state index contributed by atoms with van der Waals surface area (Å²) < 4.78 is 11.4. The fourth-order valence-corrected chi connectivity index (χ4v) is 1.89. The molecule has 0 radical (unpaired) electrons. The quantitative estimate of drug-likeness (QED) is 0.683. The van der Waals surface area contributed by atoms with Gasteiger partial charge >= 0.3 is 11.9 Å². The van der Waals surface area contributed by atoms with E-state index in [0.29, 0.717) is 0 Å². The van der Waals surface area contributed by atoms with Crippen molar-refractivity contribution < 1.29 is 19.1 Å². The van der Waals surface area contributed by atoms with E-state index in [2.05, 4.69) is 15.0 Å². The second-order valence-electron chi connectivity index (χ2n) is 4.55. The number of hydrogen-bond donors (Lipinski definition) is 2. The highest BCUT2D eigenvalue weighted by Crippen LogP contribution is 2.09. The van der Waals surface area contributed by atoms with Gasteiger partial charge in [0.25, 0.3) is 5.56 Å². The molecule has 0 unspecified atom stereocenters. The number of H-pyrrole nitrogens is 1. The van der Waals surface area contributed by atoms with Gasteiger partial charge in [-0.05, 0) is 0 Å². The van der Waals surface area contributed by atoms with Crippen LogP contribution in [0, 0.1) is 0 Å². The molecule has 0 aromatic carbocycles. The summed E-state index contributed by atoms with van der Waals surface area (Å²) in [6.07, 6.45) is 0.637. The van der Waals surface area contributed by atoms with E-state index in [0.717, 1.165) is 0 Å². The molecule has 0 aliphatic carbocycles. The Hall–Kier alpha value is -2.91. The standard InChI is InChI=1S/C12H15N5O5/c1-6(18)21-4-8(22-7(2)19)3-17-5-14-9-10(17)15-12(13)16-11(9)20/h5,8H,3-4H2,1-2H3,(H3,13,15,16,20)/t8-/m0/s1. The summed E-state index contributed by atoms with van der Waals surface area (Å²) >= 11 is 0. The fourth-order valence-electron chi connectivity index (χ4n) is 1.89. The van der Waals surface area contributed by atoms with Crippen molar-refractivity contribution in [2.45, 2.75) is 26.5 Å². The van der Waals surface area contributed by atoms with Gasteiger partial charge in [-0.3, -0.25) is 19.4 Å². The number of carbonyl (C=O) groups is 2. The van der Waals surface area contributed by atoms with E-state index < -0.39 is 23.6 Å². The van der Waals surface area contributed by atoms with Crippen LogP contribution >= 0.6 is 0 Å². The third kappa shape index (κ3) is 3.59. The van der Waals surface area contributed by atoms with Crippen molar-refractivity contribution in [2.75, 3.05) is 12.3 Å². The predicted molar refractivity (Wildman–Crippen MR) is 74.7 cm³/mol. The van der Waals surface area contributed by atoms with Crippen LogP contribution in [0.2, 0.25) is 0 Å². The monoisotopic (exact) mass is 309 g/mol. The third-order valence-electron chi connectivity index (χ3n) is 2.70. The van der Waals surface area contributed by atoms with Crippen LogP contribution < -0.4 is 11.3 Å². The van der Waals surface area contributed by atoms with Crippen molar-refractivity contribution in [1.82, 2.24) is 19.5 Å². The van der Waals surface area contributed by atoms with Crippen molar-refractivity contribution in [1.29, 1.82) is 0 Å². The lowest BCUT2D eigenvalue weighted by atomic mass is 10.3. The van der Waals surface area contributed by atoms with Crippen LogP contribution in [-0.2, 0) is 25.6 Å². The Morgan fingerprint density at radius 3 is 2.77 bits per heavy atom. The van der Waals surface area contributed by atoms with Crippen molar-refractivity contribution in [3.8, 4) is 0 Å². The van der Waals surface area contributed by atoms with E-state index in [1.807, 2.05) is 0 Å². The maximum Gasteiger partial charge on any atom is 0.303 e. The average molecular weight is 309 g/mol. The number of aromatic nitrogens is 4. The molecule has 0 bridgehead atoms. The second kappa shape index (κ2) is 6.24. The number of hydrogen-bond acceptors (Lipinski definition) is 8. The highest BCUT2D eigenvalue weighted by molar-refractivity contribution is 5.70. The first kappa shape index (κ1) is 15.5. The summed E-state index contributed by atoms with van der Waals surface area (Å²) in [5.74, 6) is -1.07. The van der Waals surface area contributed by atoms with Crippen LogP contribution in [0.5, 0.6) is 0 Å². The number of esters is 2. The summed E-state index contributed by atoms with van der Waals surface area (Å²) in [5, 5.41) is 0. The number of nitrogen functional groups attached to an aromatic ring is 1. The lowest BCUT2D eigenvalue weighted by Crippen LogP contribution is -2.28. The number of carbonyl (C=O) groups excluding carboxylic acids is 2. The van der Waals surface area contributed by atoms with Gasteiger partial charge in [0.05, 0.1) is 12.9 Å². The minimum Gasteiger partial charge on any atom is -0.462 e. The number of aromatic amines is 1. The van der Waals surface area contributed by atoms with Gasteiger partial charge in [0, 0.05) is 13.8 Å². The molecule has 118 valence electrons. The third-order valence-corrected chi connectivity index (χ3v) is 2.70. The van der Waals surface area contributed by atoms with Gasteiger partial charge in [0.15, 0.2) is 17.3 Å². The zero-order valence-corrected chi connectivity index (χ0v) is 12.0. The van der Waals surface area contributed by atoms with Gasteiger partial charge in [-0.2, -0.15) is 4.98 Å². The Morgan fingerprint density at radius 1 is 1.41 bits per heavy atom. The Balaban J connectivity index is 2.27. The first-order chi connectivity index (χ1) is 10.4. The molecule has 22 heavy (non-hydrogen) atoms. The Morgan fingerprint density at radius 2 is 2.14 bits per heavy atom. The molecule has 3 N–H and O–H groups in total. The van der Waals surface area contributed by atoms with Crippen molar-refractivity contribution in [3.05, 3.63) is 16.7 Å². The van der Waals surface area contributed by atoms with E-state index in [1.54, 1.807) is 0 Å². The topological polar surface area (TPSA) is 142 Å². The Bertz CT molecular complexity index is 765. The molecule has 1 atom stereocenters. The van der Waals surface area contributed by atoms with E-state index in [4.69, 9.17) is 15.2 Å². The molecule has 2 rings (SSSR count). The molecule has 2 aromatic heterocycles. The molecule has 0 aliphatic rings. The molecule has 2 aromatic rings. The molecule has 2 heterocycles. The molecular weight excluding hydrogens is 294 g/mol. The van der Waals surface area contributed by atoms with Crippen LogP contribution in [0.25, 0.3) is 11.2 Å². The molecule has 10 nitrogen and oxygen atoms in total. The van der Waals surface area contributed by atoms with Crippen molar-refractivity contribution in [2.24, 2.45) is 0 Å². The molecule has 10 heteroatoms. The van der Waals surface area contributed by atoms with E-state index in [-0.39, 0.29) is 30.3 Å². The maximum absolute atomic E-state index is 11.7. The molecule has 0 saturated heterocycles. The number of nitrogens with one attached hydrogen (secondary N) is 1. The van der Waals surface area contributed by atoms with E-state index in [1.165, 1.54) is 24.7 Å². The van der Waals surface area contributed by atoms with Crippen LogP contribution in [-0.4, -0.2) is 44.2 Å². The zero-order valence-electron chi connectivity index (χ0n) is 12.0.